The SMILES string of the molecule is O=S(=O)(Nc1ncccc1Br)c1cc(CNC2CC2)cs1. The molecule has 0 aliphatic heterocycles. The van der Waals surface area contributed by atoms with Crippen LogP contribution < -0.4 is 10.0 Å². The summed E-state index contributed by atoms with van der Waals surface area (Å²) in [4.78, 5) is 4.02. The largest absolute Gasteiger partial charge is 0.310 e. The van der Waals surface area contributed by atoms with E-state index in [1.807, 2.05) is 5.38 Å². The van der Waals surface area contributed by atoms with Crippen LogP contribution in [-0.2, 0) is 16.6 Å². The number of sulfonamides is 1. The molecule has 0 saturated heterocycles. The van der Waals surface area contributed by atoms with Gasteiger partial charge in [-0.3, -0.25) is 4.72 Å². The zero-order valence-corrected chi connectivity index (χ0v) is 14.3. The van der Waals surface area contributed by atoms with E-state index in [9.17, 15) is 8.42 Å². The van der Waals surface area contributed by atoms with Gasteiger partial charge in [0.25, 0.3) is 10.0 Å². The predicted octanol–water partition coefficient (Wildman–Crippen LogP) is 2.96. The van der Waals surface area contributed by atoms with E-state index in [0.717, 1.165) is 5.56 Å². The van der Waals surface area contributed by atoms with Gasteiger partial charge in [-0.05, 0) is 57.9 Å². The second kappa shape index (κ2) is 6.04. The monoisotopic (exact) mass is 387 g/mol. The van der Waals surface area contributed by atoms with Crippen molar-refractivity contribution >= 4 is 43.1 Å². The molecule has 2 heterocycles. The summed E-state index contributed by atoms with van der Waals surface area (Å²) in [5.41, 5.74) is 0.993. The van der Waals surface area contributed by atoms with Gasteiger partial charge in [-0.1, -0.05) is 0 Å². The number of nitrogens with zero attached hydrogens (tertiary/aromatic N) is 1. The first-order valence-corrected chi connectivity index (χ1v) is 9.64. The first-order chi connectivity index (χ1) is 10.0. The van der Waals surface area contributed by atoms with Crippen molar-refractivity contribution in [3.63, 3.8) is 0 Å². The van der Waals surface area contributed by atoms with E-state index in [1.165, 1.54) is 24.2 Å². The van der Waals surface area contributed by atoms with Gasteiger partial charge in [-0.2, -0.15) is 0 Å². The maximum Gasteiger partial charge on any atom is 0.272 e. The average Bonchev–Trinajstić information content (AvgIpc) is 3.15. The fourth-order valence-electron chi connectivity index (χ4n) is 1.77. The minimum Gasteiger partial charge on any atom is -0.310 e. The van der Waals surface area contributed by atoms with Crippen molar-refractivity contribution in [2.24, 2.45) is 0 Å². The van der Waals surface area contributed by atoms with Gasteiger partial charge in [0.1, 0.15) is 4.21 Å². The van der Waals surface area contributed by atoms with Crippen molar-refractivity contribution in [1.29, 1.82) is 0 Å². The van der Waals surface area contributed by atoms with Crippen LogP contribution in [0.3, 0.4) is 0 Å². The lowest BCUT2D eigenvalue weighted by atomic mass is 10.3. The third-order valence-electron chi connectivity index (χ3n) is 3.06. The topological polar surface area (TPSA) is 71.1 Å². The van der Waals surface area contributed by atoms with Crippen LogP contribution >= 0.6 is 27.3 Å². The highest BCUT2D eigenvalue weighted by Crippen LogP contribution is 2.26. The molecule has 0 radical (unpaired) electrons. The summed E-state index contributed by atoms with van der Waals surface area (Å²) in [6, 6.07) is 5.78. The van der Waals surface area contributed by atoms with Crippen LogP contribution in [0.2, 0.25) is 0 Å². The number of anilines is 1. The first kappa shape index (κ1) is 15.0. The molecule has 0 atom stereocenters. The fourth-order valence-corrected chi connectivity index (χ4v) is 4.50. The van der Waals surface area contributed by atoms with E-state index in [-0.39, 0.29) is 0 Å². The van der Waals surface area contributed by atoms with Crippen LogP contribution in [0.25, 0.3) is 0 Å². The lowest BCUT2D eigenvalue weighted by molar-refractivity contribution is 0.602. The smallest absolute Gasteiger partial charge is 0.272 e. The zero-order chi connectivity index (χ0) is 14.9. The molecule has 2 N–H and O–H groups in total. The van der Waals surface area contributed by atoms with E-state index >= 15 is 0 Å². The van der Waals surface area contributed by atoms with E-state index in [1.54, 1.807) is 24.4 Å². The van der Waals surface area contributed by atoms with Crippen LogP contribution in [0.5, 0.6) is 0 Å². The number of thiophene rings is 1. The Morgan fingerprint density at radius 3 is 2.95 bits per heavy atom. The van der Waals surface area contributed by atoms with Crippen molar-refractivity contribution in [3.05, 3.63) is 39.8 Å². The molecule has 1 aliphatic rings. The van der Waals surface area contributed by atoms with Crippen LogP contribution in [-0.4, -0.2) is 19.4 Å². The summed E-state index contributed by atoms with van der Waals surface area (Å²) in [5, 5.41) is 5.24. The van der Waals surface area contributed by atoms with Gasteiger partial charge in [0.2, 0.25) is 0 Å². The highest BCUT2D eigenvalue weighted by molar-refractivity contribution is 9.10. The van der Waals surface area contributed by atoms with Gasteiger partial charge >= 0.3 is 0 Å². The molecule has 0 aromatic carbocycles. The third-order valence-corrected chi connectivity index (χ3v) is 6.52. The maximum atomic E-state index is 12.3. The van der Waals surface area contributed by atoms with Crippen molar-refractivity contribution in [1.82, 2.24) is 10.3 Å². The Bertz CT molecular complexity index is 741. The number of aromatic nitrogens is 1. The Labute approximate surface area is 136 Å². The van der Waals surface area contributed by atoms with Crippen molar-refractivity contribution in [2.75, 3.05) is 4.72 Å². The molecule has 5 nitrogen and oxygen atoms in total. The number of rotatable bonds is 6. The molecule has 0 bridgehead atoms. The maximum absolute atomic E-state index is 12.3. The predicted molar refractivity (Wildman–Crippen MR) is 86.9 cm³/mol. The van der Waals surface area contributed by atoms with Crippen LogP contribution in [0.4, 0.5) is 5.82 Å². The summed E-state index contributed by atoms with van der Waals surface area (Å²) < 4.78 is 28.1. The molecule has 1 aliphatic carbocycles. The molecule has 1 saturated carbocycles. The number of hydrogen-bond acceptors (Lipinski definition) is 5. The minimum absolute atomic E-state index is 0.295. The number of hydrogen-bond donors (Lipinski definition) is 2. The molecular weight excluding hydrogens is 374 g/mol. The van der Waals surface area contributed by atoms with Gasteiger partial charge in [0.05, 0.1) is 4.47 Å². The Morgan fingerprint density at radius 1 is 1.43 bits per heavy atom. The van der Waals surface area contributed by atoms with Crippen molar-refractivity contribution in [2.45, 2.75) is 29.6 Å². The Kier molecular flexibility index (Phi) is 4.30. The first-order valence-electron chi connectivity index (χ1n) is 6.49. The third kappa shape index (κ3) is 3.82. The van der Waals surface area contributed by atoms with E-state index in [4.69, 9.17) is 0 Å². The van der Waals surface area contributed by atoms with Gasteiger partial charge in [-0.25, -0.2) is 13.4 Å². The quantitative estimate of drug-likeness (QED) is 0.798. The van der Waals surface area contributed by atoms with E-state index < -0.39 is 10.0 Å². The van der Waals surface area contributed by atoms with E-state index in [2.05, 4.69) is 31.0 Å². The molecular formula is C13H14BrN3O2S2. The summed E-state index contributed by atoms with van der Waals surface area (Å²) in [7, 11) is -3.59. The lowest BCUT2D eigenvalue weighted by Crippen LogP contribution is -2.15. The molecule has 2 aromatic heterocycles. The second-order valence-corrected chi connectivity index (χ2v) is 8.54. The van der Waals surface area contributed by atoms with Gasteiger partial charge in [0.15, 0.2) is 5.82 Å². The molecule has 3 rings (SSSR count). The second-order valence-electron chi connectivity index (χ2n) is 4.87. The Morgan fingerprint density at radius 2 is 2.24 bits per heavy atom. The Hall–Kier alpha value is -0.960. The van der Waals surface area contributed by atoms with Gasteiger partial charge in [-0.15, -0.1) is 11.3 Å². The summed E-state index contributed by atoms with van der Waals surface area (Å²) in [5.74, 6) is 0.295. The fraction of sp³-hybridized carbons (Fsp3) is 0.308. The minimum atomic E-state index is -3.59. The molecule has 2 aromatic rings. The molecule has 1 fully saturated rings. The molecule has 112 valence electrons. The zero-order valence-electron chi connectivity index (χ0n) is 11.0. The Balaban J connectivity index is 1.73. The number of halogens is 1. The van der Waals surface area contributed by atoms with E-state index in [0.29, 0.717) is 27.1 Å². The highest BCUT2D eigenvalue weighted by Gasteiger charge is 2.22. The van der Waals surface area contributed by atoms with Crippen LogP contribution in [0, 0.1) is 0 Å². The molecule has 0 spiro atoms. The van der Waals surface area contributed by atoms with Crippen molar-refractivity contribution in [3.8, 4) is 0 Å². The van der Waals surface area contributed by atoms with Gasteiger partial charge < -0.3 is 5.32 Å². The standard InChI is InChI=1S/C13H14BrN3O2S2/c14-11-2-1-5-15-13(11)17-21(18,19)12-6-9(8-20-12)7-16-10-3-4-10/h1-2,5-6,8,10,16H,3-4,7H2,(H,15,17). The molecule has 0 unspecified atom stereocenters. The normalized spacial score (nSPS) is 15.1. The van der Waals surface area contributed by atoms with Crippen molar-refractivity contribution < 1.29 is 8.42 Å². The average molecular weight is 388 g/mol. The molecule has 0 amide bonds. The molecule has 8 heteroatoms. The molecule has 21 heavy (non-hydrogen) atoms. The van der Waals surface area contributed by atoms with Gasteiger partial charge in [0, 0.05) is 18.8 Å². The summed E-state index contributed by atoms with van der Waals surface area (Å²) >= 11 is 4.50. The highest BCUT2D eigenvalue weighted by atomic mass is 79.9. The van der Waals surface area contributed by atoms with Crippen LogP contribution in [0.15, 0.2) is 38.5 Å². The summed E-state index contributed by atoms with van der Waals surface area (Å²) in [6.07, 6.45) is 3.97. The number of nitrogens with one attached hydrogen (secondary N) is 2. The van der Waals surface area contributed by atoms with Crippen LogP contribution in [0.1, 0.15) is 18.4 Å². The lowest BCUT2D eigenvalue weighted by Gasteiger charge is -2.06. The number of pyridine rings is 1. The summed E-state index contributed by atoms with van der Waals surface area (Å²) in [6.45, 7) is 0.712.